The van der Waals surface area contributed by atoms with E-state index in [1.54, 1.807) is 13.8 Å². The van der Waals surface area contributed by atoms with Crippen molar-refractivity contribution in [3.05, 3.63) is 16.0 Å². The first-order valence-electron chi connectivity index (χ1n) is 8.07. The van der Waals surface area contributed by atoms with Crippen LogP contribution in [0.5, 0.6) is 0 Å². The fourth-order valence-electron chi connectivity index (χ4n) is 2.96. The van der Waals surface area contributed by atoms with E-state index < -0.39 is 5.97 Å². The Bertz CT molecular complexity index is 625. The Morgan fingerprint density at radius 2 is 2.04 bits per heavy atom. The zero-order valence-corrected chi connectivity index (χ0v) is 14.4. The molecule has 1 saturated carbocycles. The van der Waals surface area contributed by atoms with Crippen molar-refractivity contribution in [1.29, 1.82) is 5.26 Å². The maximum atomic E-state index is 12.2. The van der Waals surface area contributed by atoms with Crippen molar-refractivity contribution in [2.45, 2.75) is 52.4 Å². The van der Waals surface area contributed by atoms with Crippen molar-refractivity contribution < 1.29 is 14.3 Å². The van der Waals surface area contributed by atoms with Gasteiger partial charge in [0.2, 0.25) is 5.91 Å². The van der Waals surface area contributed by atoms with E-state index in [1.165, 1.54) is 19.3 Å². The molecule has 0 bridgehead atoms. The van der Waals surface area contributed by atoms with Crippen LogP contribution in [0.4, 0.5) is 5.00 Å². The average molecular weight is 334 g/mol. The summed E-state index contributed by atoms with van der Waals surface area (Å²) in [5.74, 6) is -0.0933. The molecule has 2 rings (SSSR count). The van der Waals surface area contributed by atoms with Gasteiger partial charge in [0.25, 0.3) is 0 Å². The van der Waals surface area contributed by atoms with Gasteiger partial charge in [-0.2, -0.15) is 5.26 Å². The number of amides is 1. The third-order valence-corrected chi connectivity index (χ3v) is 5.36. The highest BCUT2D eigenvalue weighted by molar-refractivity contribution is 7.18. The number of thiophene rings is 1. The number of rotatable bonds is 5. The predicted octanol–water partition coefficient (Wildman–Crippen LogP) is 4.01. The summed E-state index contributed by atoms with van der Waals surface area (Å²) in [4.78, 5) is 24.5. The number of nitrogens with one attached hydrogen (secondary N) is 1. The van der Waals surface area contributed by atoms with Crippen LogP contribution < -0.4 is 5.32 Å². The van der Waals surface area contributed by atoms with Gasteiger partial charge in [0, 0.05) is 6.42 Å². The Labute approximate surface area is 140 Å². The molecule has 1 amide bonds. The van der Waals surface area contributed by atoms with Crippen LogP contribution in [-0.4, -0.2) is 18.5 Å². The summed E-state index contributed by atoms with van der Waals surface area (Å²) in [6, 6.07) is 2.08. The van der Waals surface area contributed by atoms with E-state index in [4.69, 9.17) is 4.74 Å². The molecule has 1 aromatic rings. The fraction of sp³-hybridized carbons (Fsp3) is 0.588. The van der Waals surface area contributed by atoms with Gasteiger partial charge < -0.3 is 10.1 Å². The highest BCUT2D eigenvalue weighted by Gasteiger charge is 2.23. The molecule has 0 spiro atoms. The number of hydrogen-bond donors (Lipinski definition) is 1. The summed E-state index contributed by atoms with van der Waals surface area (Å²) < 4.78 is 5.00. The van der Waals surface area contributed by atoms with Crippen molar-refractivity contribution in [2.75, 3.05) is 11.9 Å². The summed E-state index contributed by atoms with van der Waals surface area (Å²) in [7, 11) is 0. The van der Waals surface area contributed by atoms with Crippen LogP contribution in [0, 0.1) is 24.2 Å². The quantitative estimate of drug-likeness (QED) is 0.825. The number of esters is 1. The van der Waals surface area contributed by atoms with Crippen LogP contribution >= 0.6 is 11.3 Å². The van der Waals surface area contributed by atoms with E-state index in [1.807, 2.05) is 0 Å². The number of nitrogens with zero attached hydrogens (tertiary/aromatic N) is 1. The van der Waals surface area contributed by atoms with E-state index in [-0.39, 0.29) is 12.5 Å². The zero-order valence-electron chi connectivity index (χ0n) is 13.6. The van der Waals surface area contributed by atoms with Gasteiger partial charge >= 0.3 is 5.97 Å². The Hall–Kier alpha value is -1.87. The van der Waals surface area contributed by atoms with Gasteiger partial charge in [-0.1, -0.05) is 19.3 Å². The van der Waals surface area contributed by atoms with E-state index in [0.29, 0.717) is 33.3 Å². The minimum atomic E-state index is -0.445. The van der Waals surface area contributed by atoms with E-state index in [0.717, 1.165) is 24.2 Å². The molecular formula is C17H22N2O3S. The molecule has 0 aliphatic heterocycles. The van der Waals surface area contributed by atoms with Gasteiger partial charge in [-0.15, -0.1) is 11.3 Å². The Morgan fingerprint density at radius 1 is 1.35 bits per heavy atom. The molecule has 0 aromatic carbocycles. The summed E-state index contributed by atoms with van der Waals surface area (Å²) in [6.45, 7) is 3.72. The predicted molar refractivity (Wildman–Crippen MR) is 89.5 cm³/mol. The first-order chi connectivity index (χ1) is 11.1. The van der Waals surface area contributed by atoms with Crippen molar-refractivity contribution in [3.8, 4) is 6.07 Å². The Morgan fingerprint density at radius 3 is 2.65 bits per heavy atom. The van der Waals surface area contributed by atoms with Crippen LogP contribution in [0.1, 0.15) is 66.2 Å². The number of carbonyl (C=O) groups excluding carboxylic acids is 2. The van der Waals surface area contributed by atoms with Gasteiger partial charge in [-0.3, -0.25) is 4.79 Å². The standard InChI is InChI=1S/C17H22N2O3S/c1-3-22-17(21)15-11(2)13(10-18)16(23-15)19-14(20)9-12-7-5-4-6-8-12/h12H,3-9H2,1-2H3,(H,19,20). The van der Waals surface area contributed by atoms with Crippen LogP contribution in [0.15, 0.2) is 0 Å². The molecule has 5 nitrogen and oxygen atoms in total. The van der Waals surface area contributed by atoms with Gasteiger partial charge in [-0.05, 0) is 38.2 Å². The summed E-state index contributed by atoms with van der Waals surface area (Å²) in [5, 5.41) is 12.6. The lowest BCUT2D eigenvalue weighted by atomic mass is 9.87. The third-order valence-electron chi connectivity index (χ3n) is 4.17. The molecule has 0 saturated heterocycles. The maximum Gasteiger partial charge on any atom is 0.348 e. The molecule has 0 radical (unpaired) electrons. The largest absolute Gasteiger partial charge is 0.462 e. The molecule has 23 heavy (non-hydrogen) atoms. The van der Waals surface area contributed by atoms with Gasteiger partial charge in [0.15, 0.2) is 0 Å². The minimum absolute atomic E-state index is 0.0786. The molecule has 0 unspecified atom stereocenters. The molecule has 1 aliphatic rings. The lowest BCUT2D eigenvalue weighted by molar-refractivity contribution is -0.117. The molecule has 6 heteroatoms. The van der Waals surface area contributed by atoms with E-state index in [2.05, 4.69) is 11.4 Å². The fourth-order valence-corrected chi connectivity index (χ4v) is 4.03. The minimum Gasteiger partial charge on any atom is -0.462 e. The molecular weight excluding hydrogens is 312 g/mol. The second-order valence-electron chi connectivity index (χ2n) is 5.85. The smallest absolute Gasteiger partial charge is 0.348 e. The van der Waals surface area contributed by atoms with Crippen molar-refractivity contribution in [3.63, 3.8) is 0 Å². The molecule has 1 N–H and O–H groups in total. The Kier molecular flexibility index (Phi) is 6.17. The molecule has 1 aromatic heterocycles. The number of ether oxygens (including phenoxy) is 1. The van der Waals surface area contributed by atoms with Crippen LogP contribution in [0.2, 0.25) is 0 Å². The SMILES string of the molecule is CCOC(=O)c1sc(NC(=O)CC2CCCCC2)c(C#N)c1C. The highest BCUT2D eigenvalue weighted by atomic mass is 32.1. The first-order valence-corrected chi connectivity index (χ1v) is 8.88. The lowest BCUT2D eigenvalue weighted by Gasteiger charge is -2.20. The number of hydrogen-bond acceptors (Lipinski definition) is 5. The van der Waals surface area contributed by atoms with Crippen LogP contribution in [-0.2, 0) is 9.53 Å². The van der Waals surface area contributed by atoms with Gasteiger partial charge in [-0.25, -0.2) is 4.79 Å². The lowest BCUT2D eigenvalue weighted by Crippen LogP contribution is -2.18. The molecule has 0 atom stereocenters. The van der Waals surface area contributed by atoms with E-state index >= 15 is 0 Å². The van der Waals surface area contributed by atoms with Gasteiger partial charge in [0.1, 0.15) is 15.9 Å². The normalized spacial score (nSPS) is 15.0. The average Bonchev–Trinajstić information content (AvgIpc) is 2.84. The van der Waals surface area contributed by atoms with Crippen LogP contribution in [0.3, 0.4) is 0 Å². The summed E-state index contributed by atoms with van der Waals surface area (Å²) in [6.07, 6.45) is 6.30. The maximum absolute atomic E-state index is 12.2. The number of nitriles is 1. The first kappa shape index (κ1) is 17.5. The topological polar surface area (TPSA) is 79.2 Å². The molecule has 1 heterocycles. The second kappa shape index (κ2) is 8.11. The summed E-state index contributed by atoms with van der Waals surface area (Å²) in [5.41, 5.74) is 0.930. The number of anilines is 1. The highest BCUT2D eigenvalue weighted by Crippen LogP contribution is 2.34. The second-order valence-corrected chi connectivity index (χ2v) is 6.87. The van der Waals surface area contributed by atoms with E-state index in [9.17, 15) is 14.9 Å². The van der Waals surface area contributed by atoms with Crippen molar-refractivity contribution >= 4 is 28.2 Å². The summed E-state index contributed by atoms with van der Waals surface area (Å²) >= 11 is 1.12. The zero-order chi connectivity index (χ0) is 16.8. The van der Waals surface area contributed by atoms with Crippen molar-refractivity contribution in [2.24, 2.45) is 5.92 Å². The molecule has 124 valence electrons. The van der Waals surface area contributed by atoms with Crippen LogP contribution in [0.25, 0.3) is 0 Å². The number of carbonyl (C=O) groups is 2. The molecule has 1 aliphatic carbocycles. The van der Waals surface area contributed by atoms with Crippen molar-refractivity contribution in [1.82, 2.24) is 0 Å². The Balaban J connectivity index is 2.09. The molecule has 1 fully saturated rings. The van der Waals surface area contributed by atoms with Gasteiger partial charge in [0.05, 0.1) is 12.2 Å². The third kappa shape index (κ3) is 4.32. The monoisotopic (exact) mass is 334 g/mol.